The van der Waals surface area contributed by atoms with Gasteiger partial charge in [-0.3, -0.25) is 4.79 Å². The van der Waals surface area contributed by atoms with Crippen LogP contribution in [0.2, 0.25) is 5.02 Å². The Kier molecular flexibility index (Phi) is 6.03. The highest BCUT2D eigenvalue weighted by Crippen LogP contribution is 2.25. The van der Waals surface area contributed by atoms with E-state index in [4.69, 9.17) is 11.6 Å². The highest BCUT2D eigenvalue weighted by molar-refractivity contribution is 7.99. The van der Waals surface area contributed by atoms with E-state index in [1.807, 2.05) is 67.0 Å². The lowest BCUT2D eigenvalue weighted by Crippen LogP contribution is -2.14. The Labute approximate surface area is 167 Å². The monoisotopic (exact) mass is 401 g/mol. The normalized spacial score (nSPS) is 10.7. The first-order chi connectivity index (χ1) is 13.0. The van der Waals surface area contributed by atoms with E-state index in [0.717, 1.165) is 17.1 Å². The molecular weight excluding hydrogens is 382 g/mol. The van der Waals surface area contributed by atoms with Crippen LogP contribution >= 0.6 is 23.4 Å². The zero-order chi connectivity index (χ0) is 19.4. The molecule has 0 aliphatic carbocycles. The Hall–Kier alpha value is -2.51. The largest absolute Gasteiger partial charge is 0.378 e. The van der Waals surface area contributed by atoms with E-state index in [2.05, 4.69) is 15.5 Å². The first kappa shape index (κ1) is 19.3. The predicted octanol–water partition coefficient (Wildman–Crippen LogP) is 3.93. The van der Waals surface area contributed by atoms with Gasteiger partial charge in [0.2, 0.25) is 5.91 Å². The summed E-state index contributed by atoms with van der Waals surface area (Å²) in [5.74, 6) is 0.832. The first-order valence-corrected chi connectivity index (χ1v) is 9.66. The van der Waals surface area contributed by atoms with Gasteiger partial charge in [-0.05, 0) is 36.4 Å². The summed E-state index contributed by atoms with van der Waals surface area (Å²) in [4.78, 5) is 14.2. The molecule has 0 saturated heterocycles. The van der Waals surface area contributed by atoms with Gasteiger partial charge in [-0.1, -0.05) is 35.5 Å². The average Bonchev–Trinajstić information content (AvgIpc) is 3.02. The Morgan fingerprint density at radius 1 is 1.15 bits per heavy atom. The molecular formula is C19H20ClN5OS. The highest BCUT2D eigenvalue weighted by Gasteiger charge is 2.13. The third-order valence-corrected chi connectivity index (χ3v) is 5.31. The average molecular weight is 402 g/mol. The Morgan fingerprint density at radius 3 is 2.52 bits per heavy atom. The molecule has 0 atom stereocenters. The summed E-state index contributed by atoms with van der Waals surface area (Å²) in [5.41, 5.74) is 2.69. The molecule has 0 aliphatic heterocycles. The fourth-order valence-corrected chi connectivity index (χ4v) is 3.37. The predicted molar refractivity (Wildman–Crippen MR) is 112 cm³/mol. The van der Waals surface area contributed by atoms with Crippen LogP contribution in [0.5, 0.6) is 0 Å². The second-order valence-electron chi connectivity index (χ2n) is 6.12. The lowest BCUT2D eigenvalue weighted by Gasteiger charge is -2.12. The third-order valence-electron chi connectivity index (χ3n) is 3.96. The van der Waals surface area contributed by atoms with Crippen molar-refractivity contribution in [2.75, 3.05) is 30.1 Å². The number of para-hydroxylation sites is 1. The first-order valence-electron chi connectivity index (χ1n) is 8.30. The quantitative estimate of drug-likeness (QED) is 0.634. The minimum absolute atomic E-state index is 0.145. The maximum absolute atomic E-state index is 12.2. The van der Waals surface area contributed by atoms with E-state index in [-0.39, 0.29) is 11.7 Å². The number of amides is 1. The van der Waals surface area contributed by atoms with Crippen molar-refractivity contribution in [1.82, 2.24) is 14.8 Å². The van der Waals surface area contributed by atoms with E-state index < -0.39 is 0 Å². The number of carbonyl (C=O) groups is 1. The van der Waals surface area contributed by atoms with E-state index in [0.29, 0.717) is 15.9 Å². The smallest absolute Gasteiger partial charge is 0.234 e. The van der Waals surface area contributed by atoms with Gasteiger partial charge < -0.3 is 14.8 Å². The molecule has 1 N–H and O–H groups in total. The molecule has 1 aromatic heterocycles. The molecule has 2 aromatic carbocycles. The molecule has 0 bridgehead atoms. The van der Waals surface area contributed by atoms with Crippen molar-refractivity contribution in [3.8, 4) is 11.4 Å². The Balaban J connectivity index is 1.65. The Morgan fingerprint density at radius 2 is 1.85 bits per heavy atom. The number of benzene rings is 2. The molecule has 0 radical (unpaired) electrons. The van der Waals surface area contributed by atoms with E-state index in [1.165, 1.54) is 11.8 Å². The van der Waals surface area contributed by atoms with E-state index in [9.17, 15) is 4.79 Å². The van der Waals surface area contributed by atoms with Crippen LogP contribution in [0.15, 0.2) is 53.7 Å². The topological polar surface area (TPSA) is 63.1 Å². The third kappa shape index (κ3) is 4.61. The Bertz CT molecular complexity index is 940. The van der Waals surface area contributed by atoms with Crippen molar-refractivity contribution in [2.45, 2.75) is 5.16 Å². The SMILES string of the molecule is CN(C)c1ccc(-c2nnc(SCC(=O)Nc3ccccc3Cl)n2C)cc1. The molecule has 0 saturated carbocycles. The second-order valence-corrected chi connectivity index (χ2v) is 7.47. The molecule has 1 heterocycles. The number of hydrogen-bond acceptors (Lipinski definition) is 5. The number of aromatic nitrogens is 3. The van der Waals surface area contributed by atoms with Crippen molar-refractivity contribution in [2.24, 2.45) is 7.05 Å². The molecule has 27 heavy (non-hydrogen) atoms. The van der Waals surface area contributed by atoms with Crippen LogP contribution in [0.4, 0.5) is 11.4 Å². The standard InChI is InChI=1S/C19H20ClN5OS/c1-24(2)14-10-8-13(9-11-14)18-22-23-19(25(18)3)27-12-17(26)21-16-7-5-4-6-15(16)20/h4-11H,12H2,1-3H3,(H,21,26). The maximum atomic E-state index is 12.2. The minimum Gasteiger partial charge on any atom is -0.378 e. The van der Waals surface area contributed by atoms with Gasteiger partial charge in [0.05, 0.1) is 16.5 Å². The van der Waals surface area contributed by atoms with Crippen LogP contribution in [0.25, 0.3) is 11.4 Å². The van der Waals surface area contributed by atoms with Crippen molar-refractivity contribution >= 4 is 40.6 Å². The van der Waals surface area contributed by atoms with Crippen molar-refractivity contribution in [3.05, 3.63) is 53.6 Å². The molecule has 140 valence electrons. The number of nitrogens with one attached hydrogen (secondary N) is 1. The van der Waals surface area contributed by atoms with Crippen LogP contribution in [0.3, 0.4) is 0 Å². The summed E-state index contributed by atoms with van der Waals surface area (Å²) in [6, 6.07) is 15.2. The van der Waals surface area contributed by atoms with Gasteiger partial charge in [0.1, 0.15) is 0 Å². The van der Waals surface area contributed by atoms with Crippen LogP contribution in [-0.2, 0) is 11.8 Å². The molecule has 3 rings (SSSR count). The van der Waals surface area contributed by atoms with Crippen LogP contribution < -0.4 is 10.2 Å². The molecule has 0 aliphatic rings. The van der Waals surface area contributed by atoms with Crippen LogP contribution in [0.1, 0.15) is 0 Å². The minimum atomic E-state index is -0.145. The molecule has 1 amide bonds. The van der Waals surface area contributed by atoms with Gasteiger partial charge in [-0.15, -0.1) is 10.2 Å². The fraction of sp³-hybridized carbons (Fsp3) is 0.211. The van der Waals surface area contributed by atoms with E-state index >= 15 is 0 Å². The van der Waals surface area contributed by atoms with Crippen molar-refractivity contribution < 1.29 is 4.79 Å². The molecule has 0 fully saturated rings. The fourth-order valence-electron chi connectivity index (χ4n) is 2.48. The van der Waals surface area contributed by atoms with Crippen LogP contribution in [-0.4, -0.2) is 40.5 Å². The summed E-state index contributed by atoms with van der Waals surface area (Å²) in [6.45, 7) is 0. The zero-order valence-corrected chi connectivity index (χ0v) is 16.9. The number of halogens is 1. The van der Waals surface area contributed by atoms with Crippen molar-refractivity contribution in [3.63, 3.8) is 0 Å². The molecule has 8 heteroatoms. The summed E-state index contributed by atoms with van der Waals surface area (Å²) in [7, 11) is 5.89. The second kappa shape index (κ2) is 8.45. The summed E-state index contributed by atoms with van der Waals surface area (Å²) < 4.78 is 1.89. The zero-order valence-electron chi connectivity index (χ0n) is 15.3. The number of rotatable bonds is 6. The molecule has 3 aromatic rings. The molecule has 0 unspecified atom stereocenters. The lowest BCUT2D eigenvalue weighted by atomic mass is 10.2. The van der Waals surface area contributed by atoms with Gasteiger partial charge >= 0.3 is 0 Å². The lowest BCUT2D eigenvalue weighted by molar-refractivity contribution is -0.113. The summed E-state index contributed by atoms with van der Waals surface area (Å²) >= 11 is 7.39. The molecule has 0 spiro atoms. The highest BCUT2D eigenvalue weighted by atomic mass is 35.5. The number of hydrogen-bond donors (Lipinski definition) is 1. The van der Waals surface area contributed by atoms with Gasteiger partial charge in [-0.25, -0.2) is 0 Å². The van der Waals surface area contributed by atoms with Crippen LogP contribution in [0, 0.1) is 0 Å². The maximum Gasteiger partial charge on any atom is 0.234 e. The number of thioether (sulfide) groups is 1. The number of nitrogens with zero attached hydrogens (tertiary/aromatic N) is 4. The molecule has 6 nitrogen and oxygen atoms in total. The van der Waals surface area contributed by atoms with Gasteiger partial charge in [0.25, 0.3) is 0 Å². The number of carbonyl (C=O) groups excluding carboxylic acids is 1. The van der Waals surface area contributed by atoms with E-state index in [1.54, 1.807) is 12.1 Å². The van der Waals surface area contributed by atoms with Gasteiger partial charge in [-0.2, -0.15) is 0 Å². The number of anilines is 2. The summed E-state index contributed by atoms with van der Waals surface area (Å²) in [6.07, 6.45) is 0. The van der Waals surface area contributed by atoms with Gasteiger partial charge in [0.15, 0.2) is 11.0 Å². The van der Waals surface area contributed by atoms with Crippen molar-refractivity contribution in [1.29, 1.82) is 0 Å². The summed E-state index contributed by atoms with van der Waals surface area (Å²) in [5, 5.41) is 12.5. The van der Waals surface area contributed by atoms with Gasteiger partial charge in [0, 0.05) is 32.4 Å².